The van der Waals surface area contributed by atoms with E-state index in [2.05, 4.69) is 236 Å². The Morgan fingerprint density at radius 1 is 0.435 bits per heavy atom. The number of anilines is 4. The minimum atomic E-state index is -0.204. The van der Waals surface area contributed by atoms with E-state index in [-0.39, 0.29) is 21.7 Å². The summed E-state index contributed by atoms with van der Waals surface area (Å²) in [6.07, 6.45) is 1.94. The molecule has 0 aliphatic carbocycles. The van der Waals surface area contributed by atoms with Crippen LogP contribution < -0.4 is 14.5 Å². The summed E-state index contributed by atoms with van der Waals surface area (Å²) in [6, 6.07) is 52.9. The van der Waals surface area contributed by atoms with E-state index in [0.717, 1.165) is 39.4 Å². The Labute approximate surface area is 368 Å². The Morgan fingerprint density at radius 2 is 1.08 bits per heavy atom. The molecule has 0 atom stereocenters. The molecule has 0 N–H and O–H groups in total. The average Bonchev–Trinajstić information content (AvgIpc) is 3.79. The van der Waals surface area contributed by atoms with Crippen molar-refractivity contribution in [3.8, 4) is 17.3 Å². The fourth-order valence-corrected chi connectivity index (χ4v) is 8.87. The van der Waals surface area contributed by atoms with Crippen LogP contribution in [0.5, 0.6) is 11.5 Å². The average molecular weight is 817 g/mol. The summed E-state index contributed by atoms with van der Waals surface area (Å²) < 4.78 is 9.10. The molecule has 0 bridgehead atoms. The summed E-state index contributed by atoms with van der Waals surface area (Å²) in [5, 5.41) is 2.34. The van der Waals surface area contributed by atoms with Gasteiger partial charge in [0, 0.05) is 45.9 Å². The minimum Gasteiger partial charge on any atom is -0.457 e. The second kappa shape index (κ2) is 14.9. The Kier molecular flexibility index (Phi) is 9.89. The lowest BCUT2D eigenvalue weighted by molar-refractivity contribution is 0.483. The van der Waals surface area contributed by atoms with Gasteiger partial charge in [-0.1, -0.05) is 143 Å². The summed E-state index contributed by atoms with van der Waals surface area (Å²) >= 11 is 0. The number of pyridine rings is 1. The van der Waals surface area contributed by atoms with Gasteiger partial charge in [-0.05, 0) is 111 Å². The Bertz CT molecular complexity index is 2920. The zero-order valence-corrected chi connectivity index (χ0v) is 38.3. The number of fused-ring (bicyclic) bond motifs is 4. The minimum absolute atomic E-state index is 0.000677. The van der Waals surface area contributed by atoms with E-state index in [1.807, 2.05) is 6.20 Å². The first-order valence-corrected chi connectivity index (χ1v) is 22.1. The number of rotatable bonds is 7. The van der Waals surface area contributed by atoms with Crippen LogP contribution in [0, 0.1) is 0 Å². The van der Waals surface area contributed by atoms with Crippen LogP contribution >= 0.6 is 0 Å². The topological polar surface area (TPSA) is 33.5 Å². The molecule has 0 spiro atoms. The number of hydrogen-bond donors (Lipinski definition) is 0. The SMILES string of the molecule is CC(C)(C)c1cc(N2CN(c3cccc(Oc4ccc5c6ccccc6n(-c6cc(C(C)(C)c7ccccc7)ccn6)c5c4)c3)c3cc(C(C)(C)C)ccc32)cc(C(C)(C)C)c1. The van der Waals surface area contributed by atoms with Gasteiger partial charge in [0.1, 0.15) is 24.0 Å². The molecule has 0 radical (unpaired) electrons. The van der Waals surface area contributed by atoms with Crippen LogP contribution in [0.4, 0.5) is 22.7 Å². The molecule has 0 saturated heterocycles. The molecule has 314 valence electrons. The van der Waals surface area contributed by atoms with Crippen molar-refractivity contribution in [2.75, 3.05) is 16.5 Å². The zero-order chi connectivity index (χ0) is 43.8. The van der Waals surface area contributed by atoms with Crippen molar-refractivity contribution in [2.24, 2.45) is 0 Å². The molecule has 0 saturated carbocycles. The van der Waals surface area contributed by atoms with Crippen LogP contribution in [0.3, 0.4) is 0 Å². The van der Waals surface area contributed by atoms with Crippen molar-refractivity contribution in [3.05, 3.63) is 180 Å². The van der Waals surface area contributed by atoms with Crippen molar-refractivity contribution in [3.63, 3.8) is 0 Å². The highest BCUT2D eigenvalue weighted by molar-refractivity contribution is 6.09. The van der Waals surface area contributed by atoms with Gasteiger partial charge in [0.15, 0.2) is 0 Å². The van der Waals surface area contributed by atoms with Crippen molar-refractivity contribution in [2.45, 2.75) is 97.8 Å². The molecule has 1 aliphatic heterocycles. The standard InChI is InChI=1S/C57H60N4O/c1-54(2,3)39-24-27-50-52(33-39)59(37-60(50)44-31-41(55(4,5)6)30-42(32-44)56(7,8)9)43-20-17-21-45(35-43)62-46-25-26-48-47-22-15-16-23-49(47)61(51(48)36-46)53-34-40(28-29-58-53)57(10,11)38-18-13-12-14-19-38/h12-36H,37H2,1-11H3. The molecule has 3 heterocycles. The third-order valence-corrected chi connectivity index (χ3v) is 12.9. The Morgan fingerprint density at radius 3 is 1.79 bits per heavy atom. The van der Waals surface area contributed by atoms with Crippen molar-refractivity contribution >= 4 is 44.6 Å². The van der Waals surface area contributed by atoms with Crippen LogP contribution in [-0.2, 0) is 21.7 Å². The van der Waals surface area contributed by atoms with Crippen LogP contribution in [0.15, 0.2) is 152 Å². The largest absolute Gasteiger partial charge is 0.457 e. The first-order chi connectivity index (χ1) is 29.4. The summed E-state index contributed by atoms with van der Waals surface area (Å²) in [5.41, 5.74) is 13.1. The number of hydrogen-bond acceptors (Lipinski definition) is 4. The van der Waals surface area contributed by atoms with E-state index in [4.69, 9.17) is 9.72 Å². The lowest BCUT2D eigenvalue weighted by Crippen LogP contribution is -2.25. The quantitative estimate of drug-likeness (QED) is 0.160. The second-order valence-electron chi connectivity index (χ2n) is 20.7. The van der Waals surface area contributed by atoms with Gasteiger partial charge in [-0.25, -0.2) is 4.98 Å². The lowest BCUT2D eigenvalue weighted by atomic mass is 9.78. The number of ether oxygens (including phenoxy) is 1. The van der Waals surface area contributed by atoms with E-state index in [9.17, 15) is 0 Å². The van der Waals surface area contributed by atoms with Gasteiger partial charge in [0.05, 0.1) is 22.4 Å². The molecule has 6 aromatic carbocycles. The summed E-state index contributed by atoms with van der Waals surface area (Å²) in [4.78, 5) is 9.89. The first-order valence-electron chi connectivity index (χ1n) is 22.1. The van der Waals surface area contributed by atoms with Gasteiger partial charge >= 0.3 is 0 Å². The van der Waals surface area contributed by atoms with Crippen LogP contribution in [0.2, 0.25) is 0 Å². The molecule has 0 amide bonds. The normalized spacial score (nSPS) is 13.6. The molecule has 5 nitrogen and oxygen atoms in total. The third-order valence-electron chi connectivity index (χ3n) is 12.9. The van der Waals surface area contributed by atoms with Crippen molar-refractivity contribution < 1.29 is 4.74 Å². The Hall–Kier alpha value is -6.33. The molecule has 5 heteroatoms. The predicted molar refractivity (Wildman–Crippen MR) is 262 cm³/mol. The lowest BCUT2D eigenvalue weighted by Gasteiger charge is -2.29. The maximum atomic E-state index is 6.82. The van der Waals surface area contributed by atoms with Gasteiger partial charge < -0.3 is 14.5 Å². The van der Waals surface area contributed by atoms with E-state index in [0.29, 0.717) is 6.67 Å². The number of aromatic nitrogens is 2. The van der Waals surface area contributed by atoms with Gasteiger partial charge in [0.2, 0.25) is 0 Å². The molecular weight excluding hydrogens is 757 g/mol. The van der Waals surface area contributed by atoms with Crippen LogP contribution in [0.25, 0.3) is 27.6 Å². The highest BCUT2D eigenvalue weighted by atomic mass is 16.5. The monoisotopic (exact) mass is 816 g/mol. The molecule has 2 aromatic heterocycles. The second-order valence-corrected chi connectivity index (χ2v) is 20.7. The van der Waals surface area contributed by atoms with Gasteiger partial charge in [-0.15, -0.1) is 0 Å². The van der Waals surface area contributed by atoms with Crippen molar-refractivity contribution in [1.29, 1.82) is 0 Å². The van der Waals surface area contributed by atoms with Gasteiger partial charge in [-0.2, -0.15) is 0 Å². The Balaban J connectivity index is 1.10. The summed E-state index contributed by atoms with van der Waals surface area (Å²) in [7, 11) is 0. The van der Waals surface area contributed by atoms with Crippen LogP contribution in [0.1, 0.15) is 104 Å². The molecule has 0 fully saturated rings. The van der Waals surface area contributed by atoms with E-state index < -0.39 is 0 Å². The van der Waals surface area contributed by atoms with Crippen molar-refractivity contribution in [1.82, 2.24) is 9.55 Å². The number of para-hydroxylation sites is 1. The van der Waals surface area contributed by atoms with E-state index in [1.54, 1.807) is 0 Å². The molecular formula is C57H60N4O. The van der Waals surface area contributed by atoms with Crippen LogP contribution in [-0.4, -0.2) is 16.2 Å². The smallest absolute Gasteiger partial charge is 0.137 e. The highest BCUT2D eigenvalue weighted by Crippen LogP contribution is 2.48. The number of benzene rings is 6. The van der Waals surface area contributed by atoms with E-state index in [1.165, 1.54) is 50.3 Å². The van der Waals surface area contributed by atoms with Gasteiger partial charge in [-0.3, -0.25) is 4.57 Å². The molecule has 62 heavy (non-hydrogen) atoms. The predicted octanol–water partition coefficient (Wildman–Crippen LogP) is 15.4. The molecule has 0 unspecified atom stereocenters. The third kappa shape index (κ3) is 7.52. The summed E-state index contributed by atoms with van der Waals surface area (Å²) in [6.45, 7) is 26.0. The fourth-order valence-electron chi connectivity index (χ4n) is 8.87. The molecule has 9 rings (SSSR count). The maximum absolute atomic E-state index is 6.82. The number of nitrogens with zero attached hydrogens (tertiary/aromatic N) is 4. The fraction of sp³-hybridized carbons (Fsp3) is 0.281. The summed E-state index contributed by atoms with van der Waals surface area (Å²) in [5.74, 6) is 2.43. The zero-order valence-electron chi connectivity index (χ0n) is 38.3. The van der Waals surface area contributed by atoms with E-state index >= 15 is 0 Å². The highest BCUT2D eigenvalue weighted by Gasteiger charge is 2.32. The molecule has 1 aliphatic rings. The van der Waals surface area contributed by atoms with Gasteiger partial charge in [0.25, 0.3) is 0 Å². The molecule has 8 aromatic rings. The first kappa shape index (κ1) is 41.0. The maximum Gasteiger partial charge on any atom is 0.137 e.